The molecule has 3 heteroatoms. The highest BCUT2D eigenvalue weighted by molar-refractivity contribution is 9.09. The van der Waals surface area contributed by atoms with Crippen LogP contribution in [0.3, 0.4) is 0 Å². The maximum atomic E-state index is 5.80. The molecule has 0 aromatic heterocycles. The fraction of sp³-hybridized carbons (Fsp3) is 0.500. The van der Waals surface area contributed by atoms with Crippen molar-refractivity contribution in [2.45, 2.75) is 61.0 Å². The highest BCUT2D eigenvalue weighted by Gasteiger charge is 2.06. The molecule has 27 heavy (non-hydrogen) atoms. The van der Waals surface area contributed by atoms with Crippen LogP contribution in [0.4, 0.5) is 0 Å². The van der Waals surface area contributed by atoms with Crippen LogP contribution in [0.1, 0.15) is 49.7 Å². The van der Waals surface area contributed by atoms with Crippen molar-refractivity contribution in [2.24, 2.45) is 0 Å². The number of benzene rings is 2. The van der Waals surface area contributed by atoms with Crippen molar-refractivity contribution >= 4 is 31.9 Å². The summed E-state index contributed by atoms with van der Waals surface area (Å²) >= 11 is 7.62. The second-order valence-electron chi connectivity index (χ2n) is 7.18. The summed E-state index contributed by atoms with van der Waals surface area (Å²) in [6.45, 7) is 1.79. The van der Waals surface area contributed by atoms with E-state index in [4.69, 9.17) is 4.74 Å². The molecule has 2 aromatic rings. The van der Waals surface area contributed by atoms with Gasteiger partial charge in [0, 0.05) is 22.9 Å². The summed E-state index contributed by atoms with van der Waals surface area (Å²) in [5.41, 5.74) is 2.82. The van der Waals surface area contributed by atoms with Crippen molar-refractivity contribution in [1.82, 2.24) is 0 Å². The van der Waals surface area contributed by atoms with Gasteiger partial charge in [-0.2, -0.15) is 0 Å². The summed E-state index contributed by atoms with van der Waals surface area (Å²) in [6.07, 6.45) is 9.41. The van der Waals surface area contributed by atoms with E-state index in [1.54, 1.807) is 0 Å². The SMILES string of the molecule is Br[C@H](CCCCOCCCC[C@@H](Br)Cc1ccccc1)Cc1ccccc1. The van der Waals surface area contributed by atoms with Crippen molar-refractivity contribution in [3.8, 4) is 0 Å². The van der Waals surface area contributed by atoms with Gasteiger partial charge in [0.2, 0.25) is 0 Å². The summed E-state index contributed by atoms with van der Waals surface area (Å²) in [7, 11) is 0. The quantitative estimate of drug-likeness (QED) is 0.196. The van der Waals surface area contributed by atoms with Crippen LogP contribution in [0.5, 0.6) is 0 Å². The molecule has 0 saturated heterocycles. The zero-order chi connectivity index (χ0) is 19.2. The molecule has 0 unspecified atom stereocenters. The minimum atomic E-state index is 0.570. The van der Waals surface area contributed by atoms with Gasteiger partial charge in [-0.05, 0) is 49.7 Å². The summed E-state index contributed by atoms with van der Waals surface area (Å²) in [4.78, 5) is 1.14. The van der Waals surface area contributed by atoms with Crippen molar-refractivity contribution in [3.05, 3.63) is 71.8 Å². The molecule has 0 aliphatic rings. The first-order valence-corrected chi connectivity index (χ1v) is 12.0. The maximum absolute atomic E-state index is 5.80. The number of rotatable bonds is 14. The molecule has 0 aliphatic heterocycles. The first-order valence-electron chi connectivity index (χ1n) is 10.2. The van der Waals surface area contributed by atoms with Crippen LogP contribution in [0.25, 0.3) is 0 Å². The summed E-state index contributed by atoms with van der Waals surface area (Å²) in [5.74, 6) is 0. The Kier molecular flexibility index (Phi) is 12.1. The van der Waals surface area contributed by atoms with Gasteiger partial charge in [-0.15, -0.1) is 0 Å². The standard InChI is InChI=1S/C24H32Br2O/c25-23(19-21-11-3-1-4-12-21)15-7-9-17-27-18-10-8-16-24(26)20-22-13-5-2-6-14-22/h1-6,11-14,23-24H,7-10,15-20H2/t23-,24-/m1/s1. The molecule has 2 rings (SSSR count). The van der Waals surface area contributed by atoms with Gasteiger partial charge < -0.3 is 4.74 Å². The molecule has 0 radical (unpaired) electrons. The molecule has 1 nitrogen and oxygen atoms in total. The lowest BCUT2D eigenvalue weighted by atomic mass is 10.1. The molecule has 0 fully saturated rings. The molecule has 0 bridgehead atoms. The summed E-state index contributed by atoms with van der Waals surface area (Å²) in [5, 5.41) is 0. The van der Waals surface area contributed by atoms with E-state index in [-0.39, 0.29) is 0 Å². The number of halogens is 2. The smallest absolute Gasteiger partial charge is 0.0466 e. The molecule has 0 aliphatic carbocycles. The molecular formula is C24H32Br2O. The fourth-order valence-electron chi connectivity index (χ4n) is 3.19. The Hall–Kier alpha value is -0.640. The number of unbranched alkanes of at least 4 members (excludes halogenated alkanes) is 2. The third-order valence-electron chi connectivity index (χ3n) is 4.71. The van der Waals surface area contributed by atoms with Gasteiger partial charge in [-0.1, -0.05) is 105 Å². The van der Waals surface area contributed by atoms with Crippen LogP contribution in [-0.4, -0.2) is 22.9 Å². The van der Waals surface area contributed by atoms with Crippen LogP contribution < -0.4 is 0 Å². The zero-order valence-electron chi connectivity index (χ0n) is 16.2. The number of hydrogen-bond donors (Lipinski definition) is 0. The zero-order valence-corrected chi connectivity index (χ0v) is 19.3. The average molecular weight is 496 g/mol. The third kappa shape index (κ3) is 11.1. The van der Waals surface area contributed by atoms with Crippen molar-refractivity contribution in [2.75, 3.05) is 13.2 Å². The highest BCUT2D eigenvalue weighted by Crippen LogP contribution is 2.17. The Labute approximate surface area is 182 Å². The van der Waals surface area contributed by atoms with E-state index in [9.17, 15) is 0 Å². The Morgan fingerprint density at radius 2 is 1.00 bits per heavy atom. The van der Waals surface area contributed by atoms with E-state index in [2.05, 4.69) is 92.5 Å². The van der Waals surface area contributed by atoms with E-state index in [1.165, 1.54) is 36.8 Å². The van der Waals surface area contributed by atoms with Crippen molar-refractivity contribution in [3.63, 3.8) is 0 Å². The first kappa shape index (κ1) is 22.6. The molecule has 2 aromatic carbocycles. The topological polar surface area (TPSA) is 9.23 Å². The van der Waals surface area contributed by atoms with E-state index < -0.39 is 0 Å². The molecule has 0 spiro atoms. The van der Waals surface area contributed by atoms with Crippen LogP contribution in [0.15, 0.2) is 60.7 Å². The third-order valence-corrected chi connectivity index (χ3v) is 6.28. The molecule has 2 atom stereocenters. The minimum Gasteiger partial charge on any atom is -0.381 e. The Morgan fingerprint density at radius 1 is 0.593 bits per heavy atom. The predicted octanol–water partition coefficient (Wildman–Crippen LogP) is 7.36. The second-order valence-corrected chi connectivity index (χ2v) is 9.77. The number of hydrogen-bond acceptors (Lipinski definition) is 1. The molecular weight excluding hydrogens is 464 g/mol. The van der Waals surface area contributed by atoms with Gasteiger partial charge in [-0.3, -0.25) is 0 Å². The molecule has 0 saturated carbocycles. The molecule has 0 amide bonds. The largest absolute Gasteiger partial charge is 0.381 e. The van der Waals surface area contributed by atoms with E-state index >= 15 is 0 Å². The summed E-state index contributed by atoms with van der Waals surface area (Å²) in [6, 6.07) is 21.4. The average Bonchev–Trinajstić information content (AvgIpc) is 2.68. The Morgan fingerprint density at radius 3 is 1.41 bits per heavy atom. The lowest BCUT2D eigenvalue weighted by Crippen LogP contribution is -2.05. The van der Waals surface area contributed by atoms with Crippen LogP contribution in [-0.2, 0) is 17.6 Å². The van der Waals surface area contributed by atoms with E-state index in [0.29, 0.717) is 9.65 Å². The number of ether oxygens (including phenoxy) is 1. The lowest BCUT2D eigenvalue weighted by molar-refractivity contribution is 0.126. The molecule has 0 heterocycles. The predicted molar refractivity (Wildman–Crippen MR) is 124 cm³/mol. The maximum Gasteiger partial charge on any atom is 0.0466 e. The van der Waals surface area contributed by atoms with Crippen molar-refractivity contribution in [1.29, 1.82) is 0 Å². The van der Waals surface area contributed by atoms with E-state index in [0.717, 1.165) is 38.9 Å². The van der Waals surface area contributed by atoms with Crippen LogP contribution in [0.2, 0.25) is 0 Å². The fourth-order valence-corrected chi connectivity index (χ4v) is 4.58. The molecule has 0 N–H and O–H groups in total. The Bertz CT molecular complexity index is 534. The van der Waals surface area contributed by atoms with Gasteiger partial charge in [0.15, 0.2) is 0 Å². The van der Waals surface area contributed by atoms with E-state index in [1.807, 2.05) is 0 Å². The van der Waals surface area contributed by atoms with Crippen molar-refractivity contribution < 1.29 is 4.74 Å². The van der Waals surface area contributed by atoms with Gasteiger partial charge in [0.25, 0.3) is 0 Å². The monoisotopic (exact) mass is 494 g/mol. The second kappa shape index (κ2) is 14.4. The van der Waals surface area contributed by atoms with Crippen LogP contribution in [0, 0.1) is 0 Å². The van der Waals surface area contributed by atoms with Gasteiger partial charge in [0.1, 0.15) is 0 Å². The highest BCUT2D eigenvalue weighted by atomic mass is 79.9. The lowest BCUT2D eigenvalue weighted by Gasteiger charge is -2.11. The number of alkyl halides is 2. The van der Waals surface area contributed by atoms with Gasteiger partial charge in [0.05, 0.1) is 0 Å². The first-order chi connectivity index (χ1) is 13.2. The van der Waals surface area contributed by atoms with Gasteiger partial charge >= 0.3 is 0 Å². The Balaban J connectivity index is 1.39. The molecule has 148 valence electrons. The summed E-state index contributed by atoms with van der Waals surface area (Å²) < 4.78 is 5.80. The normalized spacial score (nSPS) is 13.4. The van der Waals surface area contributed by atoms with Gasteiger partial charge in [-0.25, -0.2) is 0 Å². The minimum absolute atomic E-state index is 0.570. The van der Waals surface area contributed by atoms with Crippen LogP contribution >= 0.6 is 31.9 Å².